The Hall–Kier alpha value is -4.44. The minimum absolute atomic E-state index is 0.0169. The van der Waals surface area contributed by atoms with E-state index < -0.39 is 28.8 Å². The Kier molecular flexibility index (Phi) is 8.88. The van der Waals surface area contributed by atoms with Gasteiger partial charge in [-0.15, -0.1) is 5.10 Å². The zero-order chi connectivity index (χ0) is 33.6. The number of hydrogen-bond acceptors (Lipinski definition) is 8. The Morgan fingerprint density at radius 2 is 1.83 bits per heavy atom. The van der Waals surface area contributed by atoms with E-state index in [9.17, 15) is 32.7 Å². The Balaban J connectivity index is 1.57. The molecule has 0 unspecified atom stereocenters. The van der Waals surface area contributed by atoms with Crippen LogP contribution in [0, 0.1) is 0 Å². The predicted octanol–water partition coefficient (Wildman–Crippen LogP) is 3.07. The molecule has 1 fully saturated rings. The molecule has 2 N–H and O–H groups in total. The molecule has 0 bridgehead atoms. The Labute approximate surface area is 266 Å². The summed E-state index contributed by atoms with van der Waals surface area (Å²) in [5.74, 6) is -0.490. The molecule has 17 heteroatoms. The van der Waals surface area contributed by atoms with Crippen LogP contribution in [-0.4, -0.2) is 82.5 Å². The second-order valence-corrected chi connectivity index (χ2v) is 12.1. The summed E-state index contributed by atoms with van der Waals surface area (Å²) >= 11 is 6.08. The number of nitrogens with zero attached hydrogens (tertiary/aromatic N) is 8. The van der Waals surface area contributed by atoms with Crippen molar-refractivity contribution in [1.29, 1.82) is 0 Å². The van der Waals surface area contributed by atoms with E-state index in [4.69, 9.17) is 11.6 Å². The smallest absolute Gasteiger partial charge is 0.389 e. The van der Waals surface area contributed by atoms with Crippen LogP contribution in [-0.2, 0) is 35.3 Å². The van der Waals surface area contributed by atoms with Gasteiger partial charge in [-0.25, -0.2) is 0 Å². The number of carbonyl (C=O) groups is 2. The van der Waals surface area contributed by atoms with Crippen LogP contribution in [0.3, 0.4) is 0 Å². The van der Waals surface area contributed by atoms with E-state index in [1.54, 1.807) is 29.5 Å². The molecule has 4 heterocycles. The van der Waals surface area contributed by atoms with E-state index in [0.29, 0.717) is 49.5 Å². The number of carbonyl (C=O) groups excluding carboxylic acids is 2. The van der Waals surface area contributed by atoms with Gasteiger partial charge in [0.15, 0.2) is 5.82 Å². The van der Waals surface area contributed by atoms with E-state index in [2.05, 4.69) is 20.5 Å². The molecule has 46 heavy (non-hydrogen) atoms. The molecule has 0 radical (unpaired) electrons. The average Bonchev–Trinajstić information content (AvgIpc) is 3.62. The van der Waals surface area contributed by atoms with Crippen molar-refractivity contribution < 1.29 is 27.9 Å². The van der Waals surface area contributed by atoms with Crippen LogP contribution in [0.2, 0.25) is 5.02 Å². The first-order chi connectivity index (χ1) is 21.6. The number of hydrogen-bond donors (Lipinski definition) is 2. The molecule has 4 aromatic rings. The molecule has 2 amide bonds. The number of amides is 2. The third kappa shape index (κ3) is 6.87. The number of nitrogens with one attached hydrogen (secondary N) is 1. The Morgan fingerprint density at radius 1 is 1.13 bits per heavy atom. The number of halogens is 4. The Morgan fingerprint density at radius 3 is 2.41 bits per heavy atom. The van der Waals surface area contributed by atoms with Crippen molar-refractivity contribution in [3.8, 4) is 11.4 Å². The minimum atomic E-state index is -4.60. The lowest BCUT2D eigenvalue weighted by Crippen LogP contribution is -2.50. The molecule has 13 nitrogen and oxygen atoms in total. The second kappa shape index (κ2) is 12.4. The molecule has 246 valence electrons. The molecule has 0 saturated carbocycles. The predicted molar refractivity (Wildman–Crippen MR) is 164 cm³/mol. The quantitative estimate of drug-likeness (QED) is 0.293. The lowest BCUT2D eigenvalue weighted by Gasteiger charge is -2.36. The normalized spacial score (nSPS) is 14.3. The van der Waals surface area contributed by atoms with Gasteiger partial charge in [0.25, 0.3) is 5.56 Å². The van der Waals surface area contributed by atoms with Crippen LogP contribution in [0.1, 0.15) is 39.0 Å². The lowest BCUT2D eigenvalue weighted by atomic mass is 10.1. The van der Waals surface area contributed by atoms with E-state index in [0.717, 1.165) is 22.7 Å². The maximum absolute atomic E-state index is 14.0. The number of piperazine rings is 1. The zero-order valence-corrected chi connectivity index (χ0v) is 26.4. The fourth-order valence-corrected chi connectivity index (χ4v) is 5.61. The molecule has 1 saturated heterocycles. The highest BCUT2D eigenvalue weighted by Gasteiger charge is 2.31. The van der Waals surface area contributed by atoms with Crippen molar-refractivity contribution >= 4 is 40.6 Å². The summed E-state index contributed by atoms with van der Waals surface area (Å²) in [6, 6.07) is 2.62. The van der Waals surface area contributed by atoms with Crippen LogP contribution in [0.5, 0.6) is 0 Å². The average molecular weight is 664 g/mol. The van der Waals surface area contributed by atoms with Gasteiger partial charge in [-0.1, -0.05) is 18.5 Å². The molecular formula is C29H33ClF3N9O4. The van der Waals surface area contributed by atoms with E-state index in [1.165, 1.54) is 17.8 Å². The van der Waals surface area contributed by atoms with E-state index >= 15 is 0 Å². The van der Waals surface area contributed by atoms with E-state index in [1.807, 2.05) is 11.8 Å². The summed E-state index contributed by atoms with van der Waals surface area (Å²) in [5.41, 5.74) is -1.23. The van der Waals surface area contributed by atoms with Crippen molar-refractivity contribution in [1.82, 2.24) is 33.8 Å². The molecule has 1 aliphatic rings. The number of aromatic nitrogens is 6. The van der Waals surface area contributed by atoms with Crippen molar-refractivity contribution in [2.75, 3.05) is 36.4 Å². The number of rotatable bonds is 8. The number of alkyl halides is 3. The van der Waals surface area contributed by atoms with Crippen LogP contribution in [0.25, 0.3) is 17.2 Å². The molecular weight excluding hydrogens is 631 g/mol. The molecule has 3 aromatic heterocycles. The highest BCUT2D eigenvalue weighted by molar-refractivity contribution is 6.33. The van der Waals surface area contributed by atoms with Crippen molar-refractivity contribution in [3.63, 3.8) is 0 Å². The highest BCUT2D eigenvalue weighted by atomic mass is 35.5. The third-order valence-electron chi connectivity index (χ3n) is 7.51. The molecule has 0 aliphatic carbocycles. The molecule has 5 rings (SSSR count). The first-order valence-electron chi connectivity index (χ1n) is 14.5. The van der Waals surface area contributed by atoms with Gasteiger partial charge < -0.3 is 24.8 Å². The van der Waals surface area contributed by atoms with Crippen LogP contribution < -0.4 is 15.8 Å². The maximum Gasteiger partial charge on any atom is 0.416 e. The number of benzene rings is 1. The standard InChI is InChI=1S/C29H33ClF3N9O4/c1-5-22-24(39-10-8-38(9-11-39)17(2)43)26(45)42-27(36-25(37-42)18-13-34-40(14-18)16-28(3,4)46)41(22)15-23(44)35-21-7-6-19(12-20(21)30)29(31,32)33/h6-7,12-14,46H,5,8-11,15-16H2,1-4H3,(H,35,44). The first-order valence-corrected chi connectivity index (χ1v) is 14.9. The third-order valence-corrected chi connectivity index (χ3v) is 7.83. The van der Waals surface area contributed by atoms with E-state index in [-0.39, 0.29) is 41.3 Å². The summed E-state index contributed by atoms with van der Waals surface area (Å²) in [7, 11) is 0. The summed E-state index contributed by atoms with van der Waals surface area (Å²) in [4.78, 5) is 47.5. The topological polar surface area (TPSA) is 143 Å². The number of aliphatic hydroxyl groups is 1. The van der Waals surface area contributed by atoms with Gasteiger partial charge in [0.05, 0.1) is 45.9 Å². The first kappa shape index (κ1) is 32.9. The van der Waals surface area contributed by atoms with Gasteiger partial charge in [-0.2, -0.15) is 27.8 Å². The number of fused-ring (bicyclic) bond motifs is 1. The molecule has 0 atom stereocenters. The van der Waals surface area contributed by atoms with Crippen molar-refractivity contribution in [3.05, 3.63) is 57.2 Å². The fraction of sp³-hybridized carbons (Fsp3) is 0.448. The summed E-state index contributed by atoms with van der Waals surface area (Å²) in [6.07, 6.45) is -1.17. The van der Waals surface area contributed by atoms with Gasteiger partial charge in [0, 0.05) is 39.3 Å². The van der Waals surface area contributed by atoms with Crippen molar-refractivity contribution in [2.24, 2.45) is 0 Å². The maximum atomic E-state index is 14.0. The minimum Gasteiger partial charge on any atom is -0.389 e. The molecule has 0 spiro atoms. The van der Waals surface area contributed by atoms with Crippen molar-refractivity contribution in [2.45, 2.75) is 59.0 Å². The van der Waals surface area contributed by atoms with Gasteiger partial charge in [-0.05, 0) is 38.5 Å². The van der Waals surface area contributed by atoms with Gasteiger partial charge in [0.2, 0.25) is 17.6 Å². The highest BCUT2D eigenvalue weighted by Crippen LogP contribution is 2.34. The van der Waals surface area contributed by atoms with Gasteiger partial charge >= 0.3 is 6.18 Å². The molecule has 1 aromatic carbocycles. The van der Waals surface area contributed by atoms with Gasteiger partial charge in [-0.3, -0.25) is 19.1 Å². The van der Waals surface area contributed by atoms with Crippen LogP contribution in [0.15, 0.2) is 35.4 Å². The monoisotopic (exact) mass is 663 g/mol. The summed E-state index contributed by atoms with van der Waals surface area (Å²) in [5, 5.41) is 21.2. The van der Waals surface area contributed by atoms with Gasteiger partial charge in [0.1, 0.15) is 12.2 Å². The summed E-state index contributed by atoms with van der Waals surface area (Å²) in [6.45, 7) is 7.91. The van der Waals surface area contributed by atoms with Crippen LogP contribution in [0.4, 0.5) is 24.5 Å². The Bertz CT molecular complexity index is 1850. The lowest BCUT2D eigenvalue weighted by molar-refractivity contribution is -0.137. The number of anilines is 2. The van der Waals surface area contributed by atoms with Crippen LogP contribution >= 0.6 is 11.6 Å². The molecule has 1 aliphatic heterocycles. The largest absolute Gasteiger partial charge is 0.416 e. The zero-order valence-electron chi connectivity index (χ0n) is 25.6. The SMILES string of the molecule is CCc1c(N2CCN(C(C)=O)CC2)c(=O)n2nc(-c3cnn(CC(C)(C)O)c3)nc2n1CC(=O)Nc1ccc(C(F)(F)F)cc1Cl. The summed E-state index contributed by atoms with van der Waals surface area (Å²) < 4.78 is 43.6. The second-order valence-electron chi connectivity index (χ2n) is 11.7. The fourth-order valence-electron chi connectivity index (χ4n) is 5.38.